The molecule has 1 aromatic heterocycles. The first kappa shape index (κ1) is 18.6. The molecule has 0 saturated carbocycles. The molecule has 0 unspecified atom stereocenters. The Hall–Kier alpha value is -3.20. The second-order valence-electron chi connectivity index (χ2n) is 6.03. The summed E-state index contributed by atoms with van der Waals surface area (Å²) in [6, 6.07) is 8.32. The molecule has 1 heterocycles. The van der Waals surface area contributed by atoms with Crippen LogP contribution in [-0.4, -0.2) is 15.1 Å². The summed E-state index contributed by atoms with van der Waals surface area (Å²) >= 11 is 0. The molecule has 0 aliphatic carbocycles. The van der Waals surface area contributed by atoms with Crippen molar-refractivity contribution in [3.8, 4) is 11.5 Å². The molecule has 0 radical (unpaired) electrons. The topological polar surface area (TPSA) is 94.1 Å². The lowest BCUT2D eigenvalue weighted by Crippen LogP contribution is -2.23. The summed E-state index contributed by atoms with van der Waals surface area (Å²) in [5, 5.41) is 21.7. The van der Waals surface area contributed by atoms with Gasteiger partial charge in [-0.15, -0.1) is 10.2 Å². The highest BCUT2D eigenvalue weighted by Gasteiger charge is 2.20. The third kappa shape index (κ3) is 4.14. The number of hydrogen-bond acceptors (Lipinski definition) is 6. The maximum Gasteiger partial charge on any atom is 0.269 e. The van der Waals surface area contributed by atoms with E-state index in [2.05, 4.69) is 15.5 Å². The average molecular weight is 374 g/mol. The number of aromatic nitrogens is 2. The minimum atomic E-state index is -0.640. The fourth-order valence-corrected chi connectivity index (χ4v) is 2.64. The van der Waals surface area contributed by atoms with Crippen molar-refractivity contribution in [1.82, 2.24) is 15.5 Å². The minimum absolute atomic E-state index is 0.0383. The van der Waals surface area contributed by atoms with Crippen molar-refractivity contribution in [2.45, 2.75) is 25.9 Å². The number of nitrogens with zero attached hydrogens (tertiary/aromatic N) is 3. The van der Waals surface area contributed by atoms with Crippen molar-refractivity contribution < 1.29 is 18.1 Å². The first-order valence-corrected chi connectivity index (χ1v) is 8.14. The van der Waals surface area contributed by atoms with Gasteiger partial charge in [0.05, 0.1) is 11.0 Å². The smallest absolute Gasteiger partial charge is 0.269 e. The number of benzene rings is 2. The maximum absolute atomic E-state index is 13.9. The summed E-state index contributed by atoms with van der Waals surface area (Å²) in [5.41, 5.74) is 0.825. The van der Waals surface area contributed by atoms with Crippen LogP contribution in [-0.2, 0) is 0 Å². The van der Waals surface area contributed by atoms with Crippen LogP contribution in [0.3, 0.4) is 0 Å². The molecule has 3 rings (SSSR count). The first-order chi connectivity index (χ1) is 12.8. The van der Waals surface area contributed by atoms with E-state index in [4.69, 9.17) is 4.42 Å². The van der Waals surface area contributed by atoms with Crippen LogP contribution in [0.15, 0.2) is 46.9 Å². The summed E-state index contributed by atoms with van der Waals surface area (Å²) in [4.78, 5) is 10.2. The molecule has 0 fully saturated rings. The Labute approximate surface area is 153 Å². The molecule has 27 heavy (non-hydrogen) atoms. The van der Waals surface area contributed by atoms with Gasteiger partial charge in [0.1, 0.15) is 11.6 Å². The van der Waals surface area contributed by atoms with Crippen LogP contribution >= 0.6 is 0 Å². The molecule has 0 spiro atoms. The highest BCUT2D eigenvalue weighted by Crippen LogP contribution is 2.25. The summed E-state index contributed by atoms with van der Waals surface area (Å²) < 4.78 is 32.5. The highest BCUT2D eigenvalue weighted by atomic mass is 19.1. The van der Waals surface area contributed by atoms with Gasteiger partial charge in [0, 0.05) is 35.4 Å². The zero-order valence-corrected chi connectivity index (χ0v) is 14.5. The fraction of sp³-hybridized carbons (Fsp3) is 0.222. The van der Waals surface area contributed by atoms with Crippen LogP contribution in [0, 0.1) is 21.7 Å². The van der Waals surface area contributed by atoms with Crippen LogP contribution < -0.4 is 5.32 Å². The number of halogens is 2. The lowest BCUT2D eigenvalue weighted by molar-refractivity contribution is -0.384. The van der Waals surface area contributed by atoms with E-state index in [1.54, 1.807) is 13.8 Å². The molecule has 0 amide bonds. The van der Waals surface area contributed by atoms with E-state index in [1.165, 1.54) is 36.4 Å². The number of non-ortho nitro benzene ring substituents is 1. The lowest BCUT2D eigenvalue weighted by atomic mass is 10.1. The summed E-state index contributed by atoms with van der Waals surface area (Å²) in [6.45, 7) is 3.51. The Morgan fingerprint density at radius 2 is 1.78 bits per heavy atom. The third-order valence-corrected chi connectivity index (χ3v) is 4.07. The lowest BCUT2D eigenvalue weighted by Gasteiger charge is -2.18. The Balaban J connectivity index is 1.72. The molecular weight excluding hydrogens is 358 g/mol. The van der Waals surface area contributed by atoms with Crippen LogP contribution in [0.5, 0.6) is 0 Å². The maximum atomic E-state index is 13.9. The quantitative estimate of drug-likeness (QED) is 0.510. The van der Waals surface area contributed by atoms with Gasteiger partial charge in [0.2, 0.25) is 11.8 Å². The molecule has 1 N–H and O–H groups in total. The fourth-order valence-electron chi connectivity index (χ4n) is 2.64. The number of rotatable bonds is 6. The molecule has 0 aliphatic rings. The van der Waals surface area contributed by atoms with E-state index in [1.807, 2.05) is 0 Å². The molecule has 0 aliphatic heterocycles. The van der Waals surface area contributed by atoms with Crippen molar-refractivity contribution in [1.29, 1.82) is 0 Å². The normalized spacial score (nSPS) is 13.3. The predicted octanol–water partition coefficient (Wildman–Crippen LogP) is 4.33. The van der Waals surface area contributed by atoms with E-state index in [0.717, 1.165) is 6.07 Å². The molecule has 0 bridgehead atoms. The monoisotopic (exact) mass is 374 g/mol. The minimum Gasteiger partial charge on any atom is -0.419 e. The van der Waals surface area contributed by atoms with Crippen molar-refractivity contribution >= 4 is 5.69 Å². The van der Waals surface area contributed by atoms with Gasteiger partial charge in [-0.3, -0.25) is 15.4 Å². The second-order valence-corrected chi connectivity index (χ2v) is 6.03. The van der Waals surface area contributed by atoms with Crippen molar-refractivity contribution in [3.05, 3.63) is 75.7 Å². The number of nitrogens with one attached hydrogen (secondary N) is 1. The average Bonchev–Trinajstić information content (AvgIpc) is 3.12. The van der Waals surface area contributed by atoms with Crippen molar-refractivity contribution in [2.75, 3.05) is 0 Å². The standard InChI is InChI=1S/C18H16F2N4O3/c1-10(15-8-5-13(19)9-16(15)20)21-11(2)17-22-23-18(27-17)12-3-6-14(7-4-12)24(25)26/h3-11,21H,1-2H3/t10-,11+/m0/s1. The molecular formula is C18H16F2N4O3. The summed E-state index contributed by atoms with van der Waals surface area (Å²) in [6.07, 6.45) is 0. The van der Waals surface area contributed by atoms with Gasteiger partial charge in [-0.1, -0.05) is 6.07 Å². The van der Waals surface area contributed by atoms with Crippen molar-refractivity contribution in [3.63, 3.8) is 0 Å². The Morgan fingerprint density at radius 3 is 2.41 bits per heavy atom. The van der Waals surface area contributed by atoms with E-state index in [-0.39, 0.29) is 17.5 Å². The molecule has 0 saturated heterocycles. The molecule has 2 atom stereocenters. The van der Waals surface area contributed by atoms with Gasteiger partial charge in [0.25, 0.3) is 5.69 Å². The Kier molecular flexibility index (Phi) is 5.22. The molecule has 2 aromatic carbocycles. The summed E-state index contributed by atoms with van der Waals surface area (Å²) in [5.74, 6) is -0.785. The van der Waals surface area contributed by atoms with Gasteiger partial charge < -0.3 is 4.42 Å². The van der Waals surface area contributed by atoms with E-state index < -0.39 is 28.6 Å². The Morgan fingerprint density at radius 1 is 1.07 bits per heavy atom. The summed E-state index contributed by atoms with van der Waals surface area (Å²) in [7, 11) is 0. The molecule has 9 heteroatoms. The third-order valence-electron chi connectivity index (χ3n) is 4.07. The SMILES string of the molecule is C[C@H](N[C@H](C)c1nnc(-c2ccc([N+](=O)[O-])cc2)o1)c1ccc(F)cc1F. The van der Waals surface area contributed by atoms with Gasteiger partial charge in [-0.05, 0) is 32.0 Å². The van der Waals surface area contributed by atoms with Crippen LogP contribution in [0.25, 0.3) is 11.5 Å². The molecule has 3 aromatic rings. The predicted molar refractivity (Wildman–Crippen MR) is 92.7 cm³/mol. The van der Waals surface area contributed by atoms with E-state index >= 15 is 0 Å². The van der Waals surface area contributed by atoms with Gasteiger partial charge in [-0.2, -0.15) is 0 Å². The highest BCUT2D eigenvalue weighted by molar-refractivity contribution is 5.55. The molecule has 7 nitrogen and oxygen atoms in total. The van der Waals surface area contributed by atoms with E-state index in [0.29, 0.717) is 11.1 Å². The first-order valence-electron chi connectivity index (χ1n) is 8.14. The van der Waals surface area contributed by atoms with Gasteiger partial charge >= 0.3 is 0 Å². The number of nitro benzene ring substituents is 1. The molecule has 140 valence electrons. The van der Waals surface area contributed by atoms with Crippen molar-refractivity contribution in [2.24, 2.45) is 0 Å². The zero-order chi connectivity index (χ0) is 19.6. The van der Waals surface area contributed by atoms with Crippen LogP contribution in [0.2, 0.25) is 0 Å². The largest absolute Gasteiger partial charge is 0.419 e. The van der Waals surface area contributed by atoms with Gasteiger partial charge in [0.15, 0.2) is 0 Å². The van der Waals surface area contributed by atoms with E-state index in [9.17, 15) is 18.9 Å². The zero-order valence-electron chi connectivity index (χ0n) is 14.5. The second kappa shape index (κ2) is 7.58. The Bertz CT molecular complexity index is 959. The number of hydrogen-bond donors (Lipinski definition) is 1. The van der Waals surface area contributed by atoms with Crippen LogP contribution in [0.1, 0.15) is 37.4 Å². The van der Waals surface area contributed by atoms with Gasteiger partial charge in [-0.25, -0.2) is 8.78 Å². The van der Waals surface area contributed by atoms with Crippen LogP contribution in [0.4, 0.5) is 14.5 Å². The number of nitro groups is 1.